The van der Waals surface area contributed by atoms with Crippen molar-refractivity contribution in [1.29, 1.82) is 0 Å². The van der Waals surface area contributed by atoms with Crippen molar-refractivity contribution in [3.8, 4) is 11.5 Å². The van der Waals surface area contributed by atoms with Gasteiger partial charge in [0.2, 0.25) is 0 Å². The van der Waals surface area contributed by atoms with E-state index < -0.39 is 37.3 Å². The zero-order chi connectivity index (χ0) is 21.1. The summed E-state index contributed by atoms with van der Waals surface area (Å²) >= 11 is 0. The van der Waals surface area contributed by atoms with Gasteiger partial charge in [-0.25, -0.2) is 0 Å². The average Bonchev–Trinajstić information content (AvgIpc) is 2.70. The van der Waals surface area contributed by atoms with Crippen LogP contribution in [0.3, 0.4) is 0 Å². The van der Waals surface area contributed by atoms with E-state index in [9.17, 15) is 20.4 Å². The number of rotatable bonds is 6. The minimum Gasteiger partial charge on any atom is -0.497 e. The molecule has 7 heteroatoms. The lowest BCUT2D eigenvalue weighted by Crippen LogP contribution is -2.60. The molecule has 1 aliphatic rings. The molecule has 0 bridgehead atoms. The Hall–Kier alpha value is -2.16. The minimum atomic E-state index is -1.49. The molecule has 0 amide bonds. The smallest absolute Gasteiger partial charge is 0.195 e. The van der Waals surface area contributed by atoms with Crippen LogP contribution < -0.4 is 9.47 Å². The summed E-state index contributed by atoms with van der Waals surface area (Å²) in [5.74, 6) is 1.27. The Morgan fingerprint density at radius 1 is 1.00 bits per heavy atom. The van der Waals surface area contributed by atoms with Crippen LogP contribution in [0, 0.1) is 13.8 Å². The molecular formula is C22H28O7. The quantitative estimate of drug-likeness (QED) is 0.571. The Bertz CT molecular complexity index is 821. The van der Waals surface area contributed by atoms with Crippen molar-refractivity contribution in [3.63, 3.8) is 0 Å². The van der Waals surface area contributed by atoms with E-state index in [1.807, 2.05) is 50.2 Å². The van der Waals surface area contributed by atoms with Gasteiger partial charge in [-0.3, -0.25) is 0 Å². The van der Waals surface area contributed by atoms with Crippen LogP contribution in [0.5, 0.6) is 11.5 Å². The fraction of sp³-hybridized carbons (Fsp3) is 0.455. The molecule has 5 atom stereocenters. The molecule has 0 aromatic heterocycles. The molecule has 1 heterocycles. The monoisotopic (exact) mass is 404 g/mol. The van der Waals surface area contributed by atoms with Crippen LogP contribution in [0.25, 0.3) is 0 Å². The van der Waals surface area contributed by atoms with Gasteiger partial charge in [-0.15, -0.1) is 0 Å². The maximum absolute atomic E-state index is 10.4. The number of aryl methyl sites for hydroxylation is 2. The highest BCUT2D eigenvalue weighted by Gasteiger charge is 2.45. The molecular weight excluding hydrogens is 376 g/mol. The summed E-state index contributed by atoms with van der Waals surface area (Å²) in [4.78, 5) is 0. The van der Waals surface area contributed by atoms with Crippen molar-refractivity contribution in [2.45, 2.75) is 51.0 Å². The fourth-order valence-corrected chi connectivity index (χ4v) is 3.58. The molecule has 2 aromatic rings. The van der Waals surface area contributed by atoms with Gasteiger partial charge in [0.25, 0.3) is 0 Å². The third kappa shape index (κ3) is 4.71. The van der Waals surface area contributed by atoms with Gasteiger partial charge in [-0.2, -0.15) is 0 Å². The summed E-state index contributed by atoms with van der Waals surface area (Å²) in [5.41, 5.74) is 3.92. The third-order valence-electron chi connectivity index (χ3n) is 5.22. The topological polar surface area (TPSA) is 109 Å². The summed E-state index contributed by atoms with van der Waals surface area (Å²) < 4.78 is 16.4. The van der Waals surface area contributed by atoms with E-state index in [1.54, 1.807) is 7.11 Å². The first-order chi connectivity index (χ1) is 13.8. The maximum atomic E-state index is 10.4. The number of benzene rings is 2. The van der Waals surface area contributed by atoms with Crippen LogP contribution in [0.2, 0.25) is 0 Å². The molecule has 158 valence electrons. The van der Waals surface area contributed by atoms with Crippen molar-refractivity contribution in [3.05, 3.63) is 58.7 Å². The van der Waals surface area contributed by atoms with Gasteiger partial charge in [0.15, 0.2) is 12.4 Å². The van der Waals surface area contributed by atoms with Gasteiger partial charge in [0, 0.05) is 12.0 Å². The second-order valence-electron chi connectivity index (χ2n) is 7.39. The highest BCUT2D eigenvalue weighted by molar-refractivity contribution is 5.46. The van der Waals surface area contributed by atoms with Crippen LogP contribution >= 0.6 is 0 Å². The molecule has 0 spiro atoms. The maximum Gasteiger partial charge on any atom is 0.195 e. The molecule has 1 fully saturated rings. The van der Waals surface area contributed by atoms with E-state index in [1.165, 1.54) is 0 Å². The SMILES string of the molecule is COc1ccc(Cc2c(C)cc(C)cc2O[C@@H]2[C@@H](O)[C@H](O)[C@@H](CO)O[C@H]2O)cc1. The van der Waals surface area contributed by atoms with Crippen molar-refractivity contribution in [2.75, 3.05) is 13.7 Å². The van der Waals surface area contributed by atoms with Crippen LogP contribution in [0.15, 0.2) is 36.4 Å². The molecule has 0 saturated carbocycles. The molecule has 1 saturated heterocycles. The highest BCUT2D eigenvalue weighted by atomic mass is 16.7. The standard InChI is InChI=1S/C22H28O7/c1-12-8-13(2)16(10-14-4-6-15(27-3)7-5-14)17(9-12)28-21-20(25)19(24)18(11-23)29-22(21)26/h4-9,18-26H,10-11H2,1-3H3/t18-,19-,20+,21-,22-/m1/s1. The molecule has 0 unspecified atom stereocenters. The van der Waals surface area contributed by atoms with Crippen LogP contribution in [-0.4, -0.2) is 64.8 Å². The normalized spacial score (nSPS) is 26.9. The van der Waals surface area contributed by atoms with E-state index in [2.05, 4.69) is 0 Å². The lowest BCUT2D eigenvalue weighted by Gasteiger charge is -2.40. The molecule has 29 heavy (non-hydrogen) atoms. The number of aliphatic hydroxyl groups excluding tert-OH is 4. The molecule has 7 nitrogen and oxygen atoms in total. The van der Waals surface area contributed by atoms with E-state index >= 15 is 0 Å². The van der Waals surface area contributed by atoms with Gasteiger partial charge in [-0.05, 0) is 48.7 Å². The third-order valence-corrected chi connectivity index (χ3v) is 5.22. The van der Waals surface area contributed by atoms with Gasteiger partial charge >= 0.3 is 0 Å². The first-order valence-corrected chi connectivity index (χ1v) is 9.54. The van der Waals surface area contributed by atoms with Gasteiger partial charge < -0.3 is 34.6 Å². The molecule has 2 aromatic carbocycles. The first kappa shape index (κ1) is 21.5. The highest BCUT2D eigenvalue weighted by Crippen LogP contribution is 2.31. The lowest BCUT2D eigenvalue weighted by molar-refractivity contribution is -0.280. The molecule has 1 aliphatic heterocycles. The zero-order valence-corrected chi connectivity index (χ0v) is 16.8. The Kier molecular flexibility index (Phi) is 6.77. The van der Waals surface area contributed by atoms with Crippen LogP contribution in [0.4, 0.5) is 0 Å². The summed E-state index contributed by atoms with van der Waals surface area (Å²) in [6.07, 6.45) is -5.95. The number of hydrogen-bond acceptors (Lipinski definition) is 7. The summed E-state index contributed by atoms with van der Waals surface area (Å²) in [5, 5.41) is 40.0. The summed E-state index contributed by atoms with van der Waals surface area (Å²) in [6.45, 7) is 3.38. The minimum absolute atomic E-state index is 0.500. The molecule has 0 aliphatic carbocycles. The van der Waals surface area contributed by atoms with Crippen LogP contribution in [0.1, 0.15) is 22.3 Å². The summed E-state index contributed by atoms with van der Waals surface area (Å²) in [7, 11) is 1.61. The predicted molar refractivity (Wildman–Crippen MR) is 106 cm³/mol. The van der Waals surface area contributed by atoms with Crippen molar-refractivity contribution in [1.82, 2.24) is 0 Å². The van der Waals surface area contributed by atoms with Crippen molar-refractivity contribution >= 4 is 0 Å². The van der Waals surface area contributed by atoms with Crippen molar-refractivity contribution in [2.24, 2.45) is 0 Å². The Morgan fingerprint density at radius 2 is 1.69 bits per heavy atom. The van der Waals surface area contributed by atoms with Gasteiger partial charge in [0.05, 0.1) is 13.7 Å². The second kappa shape index (κ2) is 9.11. The van der Waals surface area contributed by atoms with Crippen molar-refractivity contribution < 1.29 is 34.6 Å². The Labute approximate surface area is 170 Å². The Balaban J connectivity index is 1.88. The van der Waals surface area contributed by atoms with E-state index in [0.717, 1.165) is 28.0 Å². The lowest BCUT2D eigenvalue weighted by atomic mass is 9.96. The predicted octanol–water partition coefficient (Wildman–Crippen LogP) is 1.08. The number of hydrogen-bond donors (Lipinski definition) is 4. The molecule has 3 rings (SSSR count). The van der Waals surface area contributed by atoms with E-state index in [4.69, 9.17) is 14.2 Å². The number of ether oxygens (including phenoxy) is 3. The largest absolute Gasteiger partial charge is 0.497 e. The zero-order valence-electron chi connectivity index (χ0n) is 16.8. The summed E-state index contributed by atoms with van der Waals surface area (Å²) in [6, 6.07) is 11.6. The molecule has 0 radical (unpaired) electrons. The van der Waals surface area contributed by atoms with Gasteiger partial charge in [0.1, 0.15) is 29.8 Å². The van der Waals surface area contributed by atoms with Gasteiger partial charge in [-0.1, -0.05) is 18.2 Å². The van der Waals surface area contributed by atoms with E-state index in [-0.39, 0.29) is 0 Å². The molecule has 4 N–H and O–H groups in total. The second-order valence-corrected chi connectivity index (χ2v) is 7.39. The Morgan fingerprint density at radius 3 is 2.31 bits per heavy atom. The average molecular weight is 404 g/mol. The van der Waals surface area contributed by atoms with Crippen LogP contribution in [-0.2, 0) is 11.2 Å². The fourth-order valence-electron chi connectivity index (χ4n) is 3.58. The number of methoxy groups -OCH3 is 1. The number of aliphatic hydroxyl groups is 4. The van der Waals surface area contributed by atoms with E-state index in [0.29, 0.717) is 12.2 Å². The first-order valence-electron chi connectivity index (χ1n) is 9.54.